The molecular formula is C25H26N6O2S. The summed E-state index contributed by atoms with van der Waals surface area (Å²) in [6.07, 6.45) is 5.10. The van der Waals surface area contributed by atoms with Crippen LogP contribution < -0.4 is 5.32 Å². The number of carbonyl (C=O) groups excluding carboxylic acids is 1. The lowest BCUT2D eigenvalue weighted by atomic mass is 10.0. The molecule has 1 aliphatic carbocycles. The van der Waals surface area contributed by atoms with Gasteiger partial charge in [0.05, 0.1) is 23.7 Å². The first kappa shape index (κ1) is 22.4. The van der Waals surface area contributed by atoms with Crippen LogP contribution in [0.25, 0.3) is 16.9 Å². The summed E-state index contributed by atoms with van der Waals surface area (Å²) in [7, 11) is 1.65. The van der Waals surface area contributed by atoms with Crippen LogP contribution in [-0.2, 0) is 28.9 Å². The number of rotatable bonds is 9. The van der Waals surface area contributed by atoms with Gasteiger partial charge in [0.25, 0.3) is 0 Å². The average Bonchev–Trinajstić information content (AvgIpc) is 3.61. The molecule has 174 valence electrons. The van der Waals surface area contributed by atoms with Crippen molar-refractivity contribution in [1.82, 2.24) is 24.5 Å². The van der Waals surface area contributed by atoms with E-state index in [1.165, 1.54) is 29.3 Å². The number of fused-ring (bicyclic) bond motifs is 1. The van der Waals surface area contributed by atoms with Crippen molar-refractivity contribution in [3.63, 3.8) is 0 Å². The van der Waals surface area contributed by atoms with Crippen molar-refractivity contribution in [2.45, 2.75) is 31.0 Å². The number of carbonyl (C=O) groups is 1. The van der Waals surface area contributed by atoms with E-state index in [2.05, 4.69) is 33.7 Å². The molecule has 0 atom stereocenters. The summed E-state index contributed by atoms with van der Waals surface area (Å²) in [5, 5.41) is 16.6. The summed E-state index contributed by atoms with van der Waals surface area (Å²) in [4.78, 5) is 12.9. The van der Waals surface area contributed by atoms with Crippen molar-refractivity contribution in [1.29, 1.82) is 0 Å². The van der Waals surface area contributed by atoms with Gasteiger partial charge in [-0.3, -0.25) is 4.79 Å². The molecule has 2 aromatic heterocycles. The Hall–Kier alpha value is -3.43. The highest BCUT2D eigenvalue weighted by Gasteiger charge is 2.17. The Balaban J connectivity index is 1.36. The van der Waals surface area contributed by atoms with Crippen LogP contribution in [0, 0.1) is 0 Å². The zero-order valence-electron chi connectivity index (χ0n) is 19.0. The standard InChI is InChI=1S/C25H26N6O2S/c1-33-13-12-30-17-26-28-25(30)34-16-24(32)27-23-15-22(29-31(23)21-8-3-2-4-9-21)20-11-10-18-6-5-7-19(18)14-20/h2-4,8-11,14-15,17H,5-7,12-13,16H2,1H3,(H,27,32). The summed E-state index contributed by atoms with van der Waals surface area (Å²) >= 11 is 1.34. The van der Waals surface area contributed by atoms with Gasteiger partial charge in [-0.25, -0.2) is 4.68 Å². The lowest BCUT2D eigenvalue weighted by Crippen LogP contribution is -2.17. The SMILES string of the molecule is COCCn1cnnc1SCC(=O)Nc1cc(-c2ccc3c(c2)CCC3)nn1-c1ccccc1. The first-order valence-electron chi connectivity index (χ1n) is 11.3. The molecule has 0 radical (unpaired) electrons. The summed E-state index contributed by atoms with van der Waals surface area (Å²) in [6.45, 7) is 1.19. The number of aryl methyl sites for hydroxylation is 2. The molecule has 0 saturated carbocycles. The van der Waals surface area contributed by atoms with Gasteiger partial charge in [-0.15, -0.1) is 10.2 Å². The molecule has 8 nitrogen and oxygen atoms in total. The molecule has 0 aliphatic heterocycles. The zero-order chi connectivity index (χ0) is 23.3. The Morgan fingerprint density at radius 2 is 1.97 bits per heavy atom. The van der Waals surface area contributed by atoms with Crippen LogP contribution >= 0.6 is 11.8 Å². The van der Waals surface area contributed by atoms with Crippen LogP contribution in [0.5, 0.6) is 0 Å². The number of amides is 1. The molecule has 0 bridgehead atoms. The summed E-state index contributed by atoms with van der Waals surface area (Å²) in [5.41, 5.74) is 5.60. The van der Waals surface area contributed by atoms with E-state index in [1.54, 1.807) is 18.1 Å². The van der Waals surface area contributed by atoms with Crippen LogP contribution in [-0.4, -0.2) is 49.9 Å². The first-order valence-corrected chi connectivity index (χ1v) is 12.3. The number of benzene rings is 2. The van der Waals surface area contributed by atoms with Crippen molar-refractivity contribution in [2.75, 3.05) is 24.8 Å². The molecule has 1 N–H and O–H groups in total. The Labute approximate surface area is 202 Å². The minimum absolute atomic E-state index is 0.135. The molecule has 1 amide bonds. The largest absolute Gasteiger partial charge is 0.383 e. The number of nitrogens with zero attached hydrogens (tertiary/aromatic N) is 5. The number of methoxy groups -OCH3 is 1. The smallest absolute Gasteiger partial charge is 0.236 e. The molecule has 1 aliphatic rings. The van der Waals surface area contributed by atoms with E-state index >= 15 is 0 Å². The molecule has 0 unspecified atom stereocenters. The van der Waals surface area contributed by atoms with Crippen molar-refractivity contribution in [2.24, 2.45) is 0 Å². The highest BCUT2D eigenvalue weighted by molar-refractivity contribution is 7.99. The number of anilines is 1. The predicted molar refractivity (Wildman–Crippen MR) is 132 cm³/mol. The van der Waals surface area contributed by atoms with Gasteiger partial charge in [0.1, 0.15) is 12.1 Å². The van der Waals surface area contributed by atoms with Crippen LogP contribution in [0.2, 0.25) is 0 Å². The lowest BCUT2D eigenvalue weighted by Gasteiger charge is -2.09. The molecule has 34 heavy (non-hydrogen) atoms. The van der Waals surface area contributed by atoms with E-state index in [0.29, 0.717) is 24.1 Å². The van der Waals surface area contributed by atoms with Crippen molar-refractivity contribution < 1.29 is 9.53 Å². The summed E-state index contributed by atoms with van der Waals surface area (Å²) in [5.74, 6) is 0.705. The van der Waals surface area contributed by atoms with E-state index < -0.39 is 0 Å². The van der Waals surface area contributed by atoms with Crippen molar-refractivity contribution in [3.05, 3.63) is 72.1 Å². The second kappa shape index (κ2) is 10.2. The summed E-state index contributed by atoms with van der Waals surface area (Å²) in [6, 6.07) is 18.3. The second-order valence-electron chi connectivity index (χ2n) is 8.14. The van der Waals surface area contributed by atoms with Gasteiger partial charge in [0, 0.05) is 25.3 Å². The molecule has 0 saturated heterocycles. The Bertz CT molecular complexity index is 1280. The molecule has 0 spiro atoms. The van der Waals surface area contributed by atoms with Gasteiger partial charge in [-0.1, -0.05) is 42.1 Å². The normalized spacial score (nSPS) is 12.6. The molecule has 2 aromatic carbocycles. The van der Waals surface area contributed by atoms with Crippen molar-refractivity contribution >= 4 is 23.5 Å². The van der Waals surface area contributed by atoms with Crippen LogP contribution in [0.15, 0.2) is 66.1 Å². The monoisotopic (exact) mass is 474 g/mol. The minimum Gasteiger partial charge on any atom is -0.383 e. The van der Waals surface area contributed by atoms with E-state index in [-0.39, 0.29) is 11.7 Å². The predicted octanol–water partition coefficient (Wildman–Crippen LogP) is 4.00. The first-order chi connectivity index (χ1) is 16.7. The van der Waals surface area contributed by atoms with Crippen LogP contribution in [0.4, 0.5) is 5.82 Å². The summed E-state index contributed by atoms with van der Waals surface area (Å²) < 4.78 is 8.78. The third kappa shape index (κ3) is 4.90. The average molecular weight is 475 g/mol. The topological polar surface area (TPSA) is 86.9 Å². The van der Waals surface area contributed by atoms with Gasteiger partial charge in [0.15, 0.2) is 5.16 Å². The molecule has 0 fully saturated rings. The van der Waals surface area contributed by atoms with E-state index in [1.807, 2.05) is 41.0 Å². The Kier molecular flexibility index (Phi) is 6.73. The highest BCUT2D eigenvalue weighted by atomic mass is 32.2. The quantitative estimate of drug-likeness (QED) is 0.369. The maximum Gasteiger partial charge on any atom is 0.236 e. The number of para-hydroxylation sites is 1. The van der Waals surface area contributed by atoms with Gasteiger partial charge < -0.3 is 14.6 Å². The maximum atomic E-state index is 12.9. The van der Waals surface area contributed by atoms with E-state index in [0.717, 1.165) is 29.8 Å². The fourth-order valence-corrected chi connectivity index (χ4v) is 4.86. The fourth-order valence-electron chi connectivity index (χ4n) is 4.12. The number of ether oxygens (including phenoxy) is 1. The minimum atomic E-state index is -0.135. The van der Waals surface area contributed by atoms with Gasteiger partial charge >= 0.3 is 0 Å². The molecule has 4 aromatic rings. The van der Waals surface area contributed by atoms with Crippen molar-refractivity contribution in [3.8, 4) is 16.9 Å². The number of nitrogens with one attached hydrogen (secondary N) is 1. The van der Waals surface area contributed by atoms with Gasteiger partial charge in [0.2, 0.25) is 5.91 Å². The lowest BCUT2D eigenvalue weighted by molar-refractivity contribution is -0.113. The van der Waals surface area contributed by atoms with Gasteiger partial charge in [-0.2, -0.15) is 5.10 Å². The van der Waals surface area contributed by atoms with E-state index in [9.17, 15) is 4.79 Å². The molecule has 5 rings (SSSR count). The maximum absolute atomic E-state index is 12.9. The van der Waals surface area contributed by atoms with Gasteiger partial charge in [-0.05, 0) is 48.6 Å². The van der Waals surface area contributed by atoms with Crippen LogP contribution in [0.3, 0.4) is 0 Å². The third-order valence-electron chi connectivity index (χ3n) is 5.82. The zero-order valence-corrected chi connectivity index (χ0v) is 19.8. The molecular weight excluding hydrogens is 448 g/mol. The number of thioether (sulfide) groups is 1. The third-order valence-corrected chi connectivity index (χ3v) is 6.80. The number of hydrogen-bond acceptors (Lipinski definition) is 6. The fraction of sp³-hybridized carbons (Fsp3) is 0.280. The highest BCUT2D eigenvalue weighted by Crippen LogP contribution is 2.30. The second-order valence-corrected chi connectivity index (χ2v) is 9.08. The molecule has 9 heteroatoms. The molecule has 2 heterocycles. The Morgan fingerprint density at radius 1 is 1.12 bits per heavy atom. The number of aromatic nitrogens is 5. The Morgan fingerprint density at radius 3 is 2.82 bits per heavy atom. The van der Waals surface area contributed by atoms with E-state index in [4.69, 9.17) is 9.84 Å². The van der Waals surface area contributed by atoms with Crippen LogP contribution in [0.1, 0.15) is 17.5 Å². The number of hydrogen-bond donors (Lipinski definition) is 1.